The summed E-state index contributed by atoms with van der Waals surface area (Å²) in [4.78, 5) is 47.4. The van der Waals surface area contributed by atoms with Crippen molar-refractivity contribution in [3.63, 3.8) is 0 Å². The predicted molar refractivity (Wildman–Crippen MR) is 119 cm³/mol. The van der Waals surface area contributed by atoms with Crippen molar-refractivity contribution in [2.45, 2.75) is 72.3 Å². The van der Waals surface area contributed by atoms with Gasteiger partial charge in [0.1, 0.15) is 5.60 Å². The maximum absolute atomic E-state index is 11.9. The number of benzene rings is 1. The van der Waals surface area contributed by atoms with Crippen molar-refractivity contribution in [1.82, 2.24) is 0 Å². The van der Waals surface area contributed by atoms with E-state index in [0.29, 0.717) is 31.7 Å². The van der Waals surface area contributed by atoms with Gasteiger partial charge < -0.3 is 19.7 Å². The molecular weight excluding hydrogens is 400 g/mol. The average molecular weight is 435 g/mol. The molecule has 1 aliphatic heterocycles. The lowest BCUT2D eigenvalue weighted by Crippen LogP contribution is -2.35. The highest BCUT2D eigenvalue weighted by atomic mass is 16.6. The second-order valence-electron chi connectivity index (χ2n) is 8.06. The zero-order valence-corrected chi connectivity index (χ0v) is 19.2. The predicted octanol–water partition coefficient (Wildman–Crippen LogP) is 3.83. The Hall–Kier alpha value is -2.90. The van der Waals surface area contributed by atoms with E-state index in [1.807, 2.05) is 13.8 Å². The molecule has 1 aromatic rings. The van der Waals surface area contributed by atoms with Crippen LogP contribution in [0.2, 0.25) is 0 Å². The average Bonchev–Trinajstić information content (AvgIpc) is 2.69. The Bertz CT molecular complexity index is 744. The first-order chi connectivity index (χ1) is 14.6. The summed E-state index contributed by atoms with van der Waals surface area (Å²) < 4.78 is 9.64. The van der Waals surface area contributed by atoms with Crippen molar-refractivity contribution in [3.8, 4) is 0 Å². The molecule has 0 spiro atoms. The summed E-state index contributed by atoms with van der Waals surface area (Å²) in [5, 5.41) is 2.49. The molecule has 0 atom stereocenters. The Balaban J connectivity index is 0.000000512. The molecule has 1 fully saturated rings. The van der Waals surface area contributed by atoms with Crippen LogP contribution in [0.4, 0.5) is 11.4 Å². The van der Waals surface area contributed by atoms with E-state index in [-0.39, 0.29) is 11.9 Å². The number of amides is 2. The topological polar surface area (TPSA) is 102 Å². The summed E-state index contributed by atoms with van der Waals surface area (Å²) in [5.41, 5.74) is 0.562. The van der Waals surface area contributed by atoms with Gasteiger partial charge in [0.25, 0.3) is 0 Å². The van der Waals surface area contributed by atoms with Crippen molar-refractivity contribution in [2.75, 3.05) is 23.4 Å². The highest BCUT2D eigenvalue weighted by molar-refractivity contribution is 6.37. The van der Waals surface area contributed by atoms with E-state index in [9.17, 15) is 19.2 Å². The summed E-state index contributed by atoms with van der Waals surface area (Å²) in [6.45, 7) is 10.1. The molecular formula is C23H34N2O6. The largest absolute Gasteiger partial charge is 0.466 e. The number of rotatable bonds is 5. The maximum atomic E-state index is 11.9. The molecule has 0 saturated carbocycles. The zero-order valence-electron chi connectivity index (χ0n) is 19.2. The van der Waals surface area contributed by atoms with E-state index < -0.39 is 17.5 Å². The molecule has 1 heterocycles. The normalized spacial score (nSPS) is 13.6. The number of anilines is 2. The van der Waals surface area contributed by atoms with Crippen molar-refractivity contribution >= 4 is 35.1 Å². The van der Waals surface area contributed by atoms with E-state index in [1.54, 1.807) is 49.9 Å². The van der Waals surface area contributed by atoms with Gasteiger partial charge in [-0.15, -0.1) is 0 Å². The molecule has 1 aromatic carbocycles. The highest BCUT2D eigenvalue weighted by Crippen LogP contribution is 2.22. The van der Waals surface area contributed by atoms with Crippen LogP contribution in [0.25, 0.3) is 0 Å². The Morgan fingerprint density at radius 3 is 2.23 bits per heavy atom. The molecule has 31 heavy (non-hydrogen) atoms. The minimum atomic E-state index is -0.923. The van der Waals surface area contributed by atoms with Gasteiger partial charge in [0, 0.05) is 30.8 Å². The molecule has 0 radical (unpaired) electrons. The minimum absolute atomic E-state index is 0.0880. The monoisotopic (exact) mass is 434 g/mol. The fraction of sp³-hybridized carbons (Fsp3) is 0.565. The number of hydrogen-bond donors (Lipinski definition) is 1. The summed E-state index contributed by atoms with van der Waals surface area (Å²) in [7, 11) is 0. The minimum Gasteiger partial charge on any atom is -0.466 e. The third-order valence-electron chi connectivity index (χ3n) is 4.10. The van der Waals surface area contributed by atoms with Crippen molar-refractivity contribution in [1.29, 1.82) is 0 Å². The molecule has 0 aromatic heterocycles. The van der Waals surface area contributed by atoms with E-state index in [0.717, 1.165) is 24.9 Å². The Morgan fingerprint density at radius 2 is 1.71 bits per heavy atom. The Kier molecular flexibility index (Phi) is 10.7. The molecule has 172 valence electrons. The number of esters is 2. The van der Waals surface area contributed by atoms with Gasteiger partial charge in [0.05, 0.1) is 6.61 Å². The third kappa shape index (κ3) is 10.1. The van der Waals surface area contributed by atoms with Crippen LogP contribution in [-0.2, 0) is 28.7 Å². The molecule has 1 aliphatic rings. The lowest BCUT2D eigenvalue weighted by atomic mass is 10.1. The number of ether oxygens (including phenoxy) is 2. The van der Waals surface area contributed by atoms with E-state index in [2.05, 4.69) is 10.1 Å². The zero-order chi connectivity index (χ0) is 23.4. The SMILES string of the molecule is CC(C)(C)OC(=O)C(=O)Nc1ccc(N2CCCCC2=O)cc1.CCCC(=O)OCC. The van der Waals surface area contributed by atoms with Gasteiger partial charge in [-0.25, -0.2) is 4.79 Å². The van der Waals surface area contributed by atoms with Gasteiger partial charge in [-0.05, 0) is 71.2 Å². The molecule has 0 unspecified atom stereocenters. The molecule has 2 rings (SSSR count). The van der Waals surface area contributed by atoms with Gasteiger partial charge in [-0.2, -0.15) is 0 Å². The summed E-state index contributed by atoms with van der Waals surface area (Å²) >= 11 is 0. The lowest BCUT2D eigenvalue weighted by molar-refractivity contribution is -0.161. The first-order valence-electron chi connectivity index (χ1n) is 10.7. The van der Waals surface area contributed by atoms with Crippen LogP contribution in [-0.4, -0.2) is 42.5 Å². The van der Waals surface area contributed by atoms with E-state index >= 15 is 0 Å². The van der Waals surface area contributed by atoms with Crippen LogP contribution < -0.4 is 10.2 Å². The van der Waals surface area contributed by atoms with Crippen molar-refractivity contribution in [3.05, 3.63) is 24.3 Å². The van der Waals surface area contributed by atoms with Crippen LogP contribution >= 0.6 is 0 Å². The highest BCUT2D eigenvalue weighted by Gasteiger charge is 2.23. The standard InChI is InChI=1S/C17H22N2O4.C6H12O2/c1-17(2,3)23-16(22)15(21)18-12-7-9-13(10-8-12)19-11-5-4-6-14(19)20;1-3-5-6(7)8-4-2/h7-10H,4-6,11H2,1-3H3,(H,18,21);3-5H2,1-2H3. The maximum Gasteiger partial charge on any atom is 0.397 e. The summed E-state index contributed by atoms with van der Waals surface area (Å²) in [6, 6.07) is 6.85. The Labute approximate surface area is 184 Å². The fourth-order valence-corrected chi connectivity index (χ4v) is 2.75. The van der Waals surface area contributed by atoms with Crippen molar-refractivity contribution < 1.29 is 28.7 Å². The number of nitrogens with zero attached hydrogens (tertiary/aromatic N) is 1. The molecule has 2 amide bonds. The Morgan fingerprint density at radius 1 is 1.06 bits per heavy atom. The molecule has 8 heteroatoms. The van der Waals surface area contributed by atoms with E-state index in [1.165, 1.54) is 0 Å². The fourth-order valence-electron chi connectivity index (χ4n) is 2.75. The molecule has 1 saturated heterocycles. The molecule has 1 N–H and O–H groups in total. The number of carbonyl (C=O) groups excluding carboxylic acids is 4. The quantitative estimate of drug-likeness (QED) is 0.558. The van der Waals surface area contributed by atoms with Crippen LogP contribution in [0.5, 0.6) is 0 Å². The van der Waals surface area contributed by atoms with Gasteiger partial charge in [0.15, 0.2) is 0 Å². The number of hydrogen-bond acceptors (Lipinski definition) is 6. The number of carbonyl (C=O) groups is 4. The molecule has 0 bridgehead atoms. The van der Waals surface area contributed by atoms with Gasteiger partial charge in [0.2, 0.25) is 5.91 Å². The number of piperidine rings is 1. The van der Waals surface area contributed by atoms with Gasteiger partial charge in [-0.1, -0.05) is 6.92 Å². The second kappa shape index (κ2) is 12.7. The smallest absolute Gasteiger partial charge is 0.397 e. The third-order valence-corrected chi connectivity index (χ3v) is 4.10. The molecule has 0 aliphatic carbocycles. The summed E-state index contributed by atoms with van der Waals surface area (Å²) in [5.74, 6) is -1.72. The molecule has 8 nitrogen and oxygen atoms in total. The van der Waals surface area contributed by atoms with Crippen LogP contribution in [0.15, 0.2) is 24.3 Å². The first kappa shape index (κ1) is 26.1. The summed E-state index contributed by atoms with van der Waals surface area (Å²) in [6.07, 6.45) is 3.91. The van der Waals surface area contributed by atoms with Gasteiger partial charge in [-0.3, -0.25) is 14.4 Å². The number of nitrogens with one attached hydrogen (secondary N) is 1. The van der Waals surface area contributed by atoms with E-state index in [4.69, 9.17) is 4.74 Å². The van der Waals surface area contributed by atoms with Crippen LogP contribution in [0.3, 0.4) is 0 Å². The van der Waals surface area contributed by atoms with Crippen LogP contribution in [0, 0.1) is 0 Å². The second-order valence-corrected chi connectivity index (χ2v) is 8.06. The first-order valence-corrected chi connectivity index (χ1v) is 10.7. The lowest BCUT2D eigenvalue weighted by Gasteiger charge is -2.26. The van der Waals surface area contributed by atoms with Crippen molar-refractivity contribution in [2.24, 2.45) is 0 Å². The van der Waals surface area contributed by atoms with Crippen LogP contribution in [0.1, 0.15) is 66.7 Å². The van der Waals surface area contributed by atoms with Gasteiger partial charge >= 0.3 is 17.8 Å².